The molecule has 1 aromatic carbocycles. The summed E-state index contributed by atoms with van der Waals surface area (Å²) in [6.45, 7) is 2.86. The normalized spacial score (nSPS) is 20.8. The van der Waals surface area contributed by atoms with Crippen molar-refractivity contribution in [2.45, 2.75) is 36.7 Å². The van der Waals surface area contributed by atoms with E-state index in [0.29, 0.717) is 17.2 Å². The Morgan fingerprint density at radius 2 is 2.04 bits per heavy atom. The average molecular weight is 389 g/mol. The number of thioether (sulfide) groups is 1. The molecule has 2 aliphatic rings. The number of nitrogens with zero attached hydrogens (tertiary/aromatic N) is 1. The third-order valence-corrected chi connectivity index (χ3v) is 7.30. The van der Waals surface area contributed by atoms with Crippen LogP contribution in [-0.4, -0.2) is 40.8 Å². The van der Waals surface area contributed by atoms with Gasteiger partial charge in [0, 0.05) is 17.5 Å². The Labute approximate surface area is 162 Å². The Hall–Kier alpha value is -1.50. The number of benzene rings is 1. The van der Waals surface area contributed by atoms with E-state index in [0.717, 1.165) is 31.0 Å². The van der Waals surface area contributed by atoms with Gasteiger partial charge in [0.25, 0.3) is 0 Å². The van der Waals surface area contributed by atoms with Gasteiger partial charge in [0.2, 0.25) is 5.91 Å². The maximum atomic E-state index is 13.1. The fourth-order valence-electron chi connectivity index (χ4n) is 3.95. The summed E-state index contributed by atoms with van der Waals surface area (Å²) in [6.07, 6.45) is 3.50. The van der Waals surface area contributed by atoms with Crippen LogP contribution < -0.4 is 5.32 Å². The number of hydrogen-bond donors (Lipinski definition) is 2. The van der Waals surface area contributed by atoms with Gasteiger partial charge in [0.15, 0.2) is 0 Å². The lowest BCUT2D eigenvalue weighted by Gasteiger charge is -2.29. The molecule has 138 valence electrons. The first kappa shape index (κ1) is 17.9. The van der Waals surface area contributed by atoms with Gasteiger partial charge in [-0.05, 0) is 84.4 Å². The Balaban J connectivity index is 1.43. The van der Waals surface area contributed by atoms with Crippen molar-refractivity contribution in [1.29, 1.82) is 0 Å². The van der Waals surface area contributed by atoms with E-state index in [1.54, 1.807) is 35.2 Å². The summed E-state index contributed by atoms with van der Waals surface area (Å²) in [5.74, 6) is 0.917. The van der Waals surface area contributed by atoms with Crippen molar-refractivity contribution in [2.24, 2.45) is 5.41 Å². The van der Waals surface area contributed by atoms with E-state index >= 15 is 0 Å². The van der Waals surface area contributed by atoms with Gasteiger partial charge in [-0.3, -0.25) is 4.79 Å². The first-order chi connectivity index (χ1) is 12.7. The quantitative estimate of drug-likeness (QED) is 0.741. The van der Waals surface area contributed by atoms with Crippen LogP contribution in [0.3, 0.4) is 0 Å². The number of carbonyl (C=O) groups excluding carboxylic acids is 1. The Morgan fingerprint density at radius 3 is 2.73 bits per heavy atom. The van der Waals surface area contributed by atoms with Crippen LogP contribution in [0.2, 0.25) is 0 Å². The zero-order valence-electron chi connectivity index (χ0n) is 14.7. The molecule has 2 N–H and O–H groups in total. The highest BCUT2D eigenvalue weighted by molar-refractivity contribution is 8.00. The van der Waals surface area contributed by atoms with Gasteiger partial charge in [-0.2, -0.15) is 11.3 Å². The second-order valence-corrected chi connectivity index (χ2v) is 9.10. The molecule has 4 rings (SSSR count). The second kappa shape index (κ2) is 7.62. The molecule has 1 unspecified atom stereocenters. The maximum absolute atomic E-state index is 13.1. The summed E-state index contributed by atoms with van der Waals surface area (Å²) < 4.78 is 0. The van der Waals surface area contributed by atoms with E-state index in [1.807, 2.05) is 12.1 Å². The molecule has 0 bridgehead atoms. The molecule has 2 heterocycles. The molecule has 1 saturated heterocycles. The highest BCUT2D eigenvalue weighted by Gasteiger charge is 2.57. The zero-order valence-corrected chi connectivity index (χ0v) is 16.3. The first-order valence-corrected chi connectivity index (χ1v) is 11.0. The van der Waals surface area contributed by atoms with Gasteiger partial charge in [-0.25, -0.2) is 0 Å². The third-order valence-electron chi connectivity index (χ3n) is 5.57. The van der Waals surface area contributed by atoms with Crippen LogP contribution in [0.15, 0.2) is 46.0 Å². The molecule has 26 heavy (non-hydrogen) atoms. The number of aromatic hydroxyl groups is 1. The summed E-state index contributed by atoms with van der Waals surface area (Å²) >= 11 is 3.23. The van der Waals surface area contributed by atoms with Crippen LogP contribution in [-0.2, 0) is 11.3 Å². The van der Waals surface area contributed by atoms with Gasteiger partial charge >= 0.3 is 0 Å². The highest BCUT2D eigenvalue weighted by Crippen LogP contribution is 2.56. The molecule has 2 fully saturated rings. The zero-order chi connectivity index (χ0) is 18.0. The van der Waals surface area contributed by atoms with E-state index in [9.17, 15) is 9.90 Å². The minimum atomic E-state index is 0.217. The molecule has 4 nitrogen and oxygen atoms in total. The Morgan fingerprint density at radius 1 is 1.27 bits per heavy atom. The lowest BCUT2D eigenvalue weighted by molar-refractivity contribution is -0.130. The predicted molar refractivity (Wildman–Crippen MR) is 107 cm³/mol. The molecule has 1 aromatic heterocycles. The minimum Gasteiger partial charge on any atom is -0.508 e. The lowest BCUT2D eigenvalue weighted by atomic mass is 9.93. The second-order valence-electron chi connectivity index (χ2n) is 7.27. The average Bonchev–Trinajstić information content (AvgIpc) is 3.08. The largest absolute Gasteiger partial charge is 0.508 e. The fraction of sp³-hybridized carbons (Fsp3) is 0.450. The first-order valence-electron chi connectivity index (χ1n) is 9.09. The standard InChI is InChI=1S/C20H24N2O2S2/c23-16-1-3-17(4-2-16)26-14-19(24)22(12-15-5-10-25-13-15)18-11-20(18)6-8-21-9-7-20/h1-5,10,13,18,21,23H,6-9,11-12,14H2. The number of hydrogen-bond acceptors (Lipinski definition) is 5. The number of nitrogens with one attached hydrogen (secondary N) is 1. The van der Waals surface area contributed by atoms with Gasteiger partial charge in [0.05, 0.1) is 5.75 Å². The molecule has 1 spiro atoms. The number of phenolic OH excluding ortho intramolecular Hbond substituents is 1. The molecule has 6 heteroatoms. The molecular weight excluding hydrogens is 364 g/mol. The van der Waals surface area contributed by atoms with Crippen LogP contribution in [0, 0.1) is 5.41 Å². The summed E-state index contributed by atoms with van der Waals surface area (Å²) in [6, 6.07) is 9.57. The van der Waals surface area contributed by atoms with Gasteiger partial charge in [-0.1, -0.05) is 0 Å². The minimum absolute atomic E-state index is 0.217. The fourth-order valence-corrected chi connectivity index (χ4v) is 5.40. The van der Waals surface area contributed by atoms with E-state index in [4.69, 9.17) is 0 Å². The lowest BCUT2D eigenvalue weighted by Crippen LogP contribution is -2.39. The number of thiophene rings is 1. The summed E-state index contributed by atoms with van der Waals surface area (Å²) in [4.78, 5) is 16.2. The van der Waals surface area contributed by atoms with Crippen molar-refractivity contribution in [3.05, 3.63) is 46.7 Å². The van der Waals surface area contributed by atoms with Crippen molar-refractivity contribution in [2.75, 3.05) is 18.8 Å². The van der Waals surface area contributed by atoms with Crippen molar-refractivity contribution in [3.63, 3.8) is 0 Å². The summed E-state index contributed by atoms with van der Waals surface area (Å²) in [5, 5.41) is 17.1. The van der Waals surface area contributed by atoms with Gasteiger partial charge < -0.3 is 15.3 Å². The van der Waals surface area contributed by atoms with Crippen LogP contribution in [0.1, 0.15) is 24.8 Å². The summed E-state index contributed by atoms with van der Waals surface area (Å²) in [7, 11) is 0. The topological polar surface area (TPSA) is 52.6 Å². The number of rotatable bonds is 6. The van der Waals surface area contributed by atoms with Crippen LogP contribution in [0.25, 0.3) is 0 Å². The Bertz CT molecular complexity index is 740. The molecule has 0 radical (unpaired) electrons. The van der Waals surface area contributed by atoms with E-state index in [2.05, 4.69) is 27.0 Å². The SMILES string of the molecule is O=C(CSc1ccc(O)cc1)N(Cc1ccsc1)C1CC12CCNCC2. The molecule has 1 amide bonds. The van der Waals surface area contributed by atoms with Crippen LogP contribution >= 0.6 is 23.1 Å². The molecule has 2 aromatic rings. The molecule has 1 atom stereocenters. The van der Waals surface area contributed by atoms with Crippen molar-refractivity contribution in [3.8, 4) is 5.75 Å². The predicted octanol–water partition coefficient (Wildman–Crippen LogP) is 3.72. The van der Waals surface area contributed by atoms with Crippen LogP contribution in [0.4, 0.5) is 0 Å². The molecule has 1 aliphatic heterocycles. The number of carbonyl (C=O) groups is 1. The van der Waals surface area contributed by atoms with Crippen LogP contribution in [0.5, 0.6) is 5.75 Å². The van der Waals surface area contributed by atoms with Gasteiger partial charge in [0.1, 0.15) is 5.75 Å². The Kier molecular flexibility index (Phi) is 5.25. The van der Waals surface area contributed by atoms with E-state index < -0.39 is 0 Å². The van der Waals surface area contributed by atoms with Crippen molar-refractivity contribution < 1.29 is 9.90 Å². The monoisotopic (exact) mass is 388 g/mol. The van der Waals surface area contributed by atoms with E-state index in [1.165, 1.54) is 18.4 Å². The molecular formula is C20H24N2O2S2. The van der Waals surface area contributed by atoms with Crippen molar-refractivity contribution in [1.82, 2.24) is 10.2 Å². The van der Waals surface area contributed by atoms with Crippen molar-refractivity contribution >= 4 is 29.0 Å². The maximum Gasteiger partial charge on any atom is 0.233 e. The molecule has 1 aliphatic carbocycles. The number of phenols is 1. The molecule has 1 saturated carbocycles. The number of piperidine rings is 1. The van der Waals surface area contributed by atoms with Gasteiger partial charge in [-0.15, -0.1) is 11.8 Å². The summed E-state index contributed by atoms with van der Waals surface area (Å²) in [5.41, 5.74) is 1.58. The third kappa shape index (κ3) is 3.92. The van der Waals surface area contributed by atoms with E-state index in [-0.39, 0.29) is 11.7 Å². The smallest absolute Gasteiger partial charge is 0.233 e. The highest BCUT2D eigenvalue weighted by atomic mass is 32.2. The number of amides is 1.